The summed E-state index contributed by atoms with van der Waals surface area (Å²) in [6, 6.07) is 3.83. The van der Waals surface area contributed by atoms with Gasteiger partial charge in [0.1, 0.15) is 17.1 Å². The van der Waals surface area contributed by atoms with Crippen LogP contribution in [0.5, 0.6) is 11.5 Å². The second-order valence-corrected chi connectivity index (χ2v) is 5.10. The van der Waals surface area contributed by atoms with Gasteiger partial charge in [0.15, 0.2) is 0 Å². The van der Waals surface area contributed by atoms with E-state index < -0.39 is 0 Å². The van der Waals surface area contributed by atoms with Gasteiger partial charge in [0.05, 0.1) is 5.56 Å². The molecule has 1 atom stereocenters. The van der Waals surface area contributed by atoms with Crippen LogP contribution in [0.4, 0.5) is 0 Å². The molecule has 84 valence electrons. The maximum atomic E-state index is 10.0. The standard InChI is InChI=1S/C14H16O2/c1-9-6-11(15)13-10-4-3-5-14(2,8-10)16-12(13)7-9/h6-8,15H,3-5H2,1-2H3. The lowest BCUT2D eigenvalue weighted by molar-refractivity contribution is 0.117. The summed E-state index contributed by atoms with van der Waals surface area (Å²) in [7, 11) is 0. The van der Waals surface area contributed by atoms with E-state index in [9.17, 15) is 5.11 Å². The fourth-order valence-electron chi connectivity index (χ4n) is 2.81. The van der Waals surface area contributed by atoms with Crippen molar-refractivity contribution >= 4 is 5.57 Å². The third kappa shape index (κ3) is 1.33. The van der Waals surface area contributed by atoms with Crippen LogP contribution in [0, 0.1) is 6.92 Å². The summed E-state index contributed by atoms with van der Waals surface area (Å²) < 4.78 is 6.02. The molecule has 1 N–H and O–H groups in total. The van der Waals surface area contributed by atoms with Crippen molar-refractivity contribution in [3.05, 3.63) is 29.3 Å². The molecule has 1 aromatic rings. The summed E-state index contributed by atoms with van der Waals surface area (Å²) in [5.74, 6) is 1.20. The molecule has 1 unspecified atom stereocenters. The minimum absolute atomic E-state index is 0.166. The fraction of sp³-hybridized carbons (Fsp3) is 0.429. The molecule has 0 fully saturated rings. The molecule has 3 rings (SSSR count). The molecule has 0 aromatic heterocycles. The molecular formula is C14H16O2. The quantitative estimate of drug-likeness (QED) is 0.720. The van der Waals surface area contributed by atoms with Gasteiger partial charge >= 0.3 is 0 Å². The van der Waals surface area contributed by atoms with Crippen molar-refractivity contribution in [1.82, 2.24) is 0 Å². The number of ether oxygens (including phenoxy) is 1. The number of rotatable bonds is 0. The van der Waals surface area contributed by atoms with Crippen molar-refractivity contribution in [3.8, 4) is 11.5 Å². The van der Waals surface area contributed by atoms with Crippen molar-refractivity contribution in [2.24, 2.45) is 0 Å². The van der Waals surface area contributed by atoms with Crippen molar-refractivity contribution in [3.63, 3.8) is 0 Å². The zero-order chi connectivity index (χ0) is 11.3. The van der Waals surface area contributed by atoms with E-state index in [0.29, 0.717) is 5.75 Å². The SMILES string of the molecule is Cc1cc(O)c2c(c1)OC1(C)C=C2CCC1. The molecule has 1 aromatic carbocycles. The number of fused-ring (bicyclic) bond motifs is 3. The number of aromatic hydroxyl groups is 1. The Balaban J connectivity index is 2.23. The van der Waals surface area contributed by atoms with Crippen molar-refractivity contribution < 1.29 is 9.84 Å². The Morgan fingerprint density at radius 3 is 3.00 bits per heavy atom. The summed E-state index contributed by atoms with van der Waals surface area (Å²) in [6.07, 6.45) is 5.41. The van der Waals surface area contributed by atoms with E-state index >= 15 is 0 Å². The first-order valence-corrected chi connectivity index (χ1v) is 5.82. The highest BCUT2D eigenvalue weighted by Gasteiger charge is 2.35. The van der Waals surface area contributed by atoms with Gasteiger partial charge in [0.25, 0.3) is 0 Å². The number of phenolic OH excluding ortho intramolecular Hbond substituents is 1. The Morgan fingerprint density at radius 1 is 1.38 bits per heavy atom. The van der Waals surface area contributed by atoms with E-state index in [1.165, 1.54) is 5.57 Å². The topological polar surface area (TPSA) is 29.5 Å². The van der Waals surface area contributed by atoms with E-state index in [2.05, 4.69) is 13.0 Å². The Kier molecular flexibility index (Phi) is 1.85. The molecule has 0 spiro atoms. The van der Waals surface area contributed by atoms with Gasteiger partial charge in [-0.15, -0.1) is 0 Å². The zero-order valence-corrected chi connectivity index (χ0v) is 9.71. The second kappa shape index (κ2) is 3.03. The molecule has 1 heterocycles. The molecule has 2 nitrogen and oxygen atoms in total. The van der Waals surface area contributed by atoms with Crippen LogP contribution in [0.2, 0.25) is 0 Å². The van der Waals surface area contributed by atoms with Crippen molar-refractivity contribution in [1.29, 1.82) is 0 Å². The number of hydrogen-bond donors (Lipinski definition) is 1. The van der Waals surface area contributed by atoms with Crippen LogP contribution in [0.3, 0.4) is 0 Å². The highest BCUT2D eigenvalue weighted by atomic mass is 16.5. The summed E-state index contributed by atoms with van der Waals surface area (Å²) in [6.45, 7) is 4.10. The summed E-state index contributed by atoms with van der Waals surface area (Å²) in [4.78, 5) is 0. The van der Waals surface area contributed by atoms with E-state index in [1.807, 2.05) is 13.0 Å². The molecule has 2 bridgehead atoms. The molecule has 16 heavy (non-hydrogen) atoms. The van der Waals surface area contributed by atoms with Gasteiger partial charge in [-0.05, 0) is 62.5 Å². The van der Waals surface area contributed by atoms with E-state index in [1.54, 1.807) is 6.07 Å². The molecule has 0 amide bonds. The predicted molar refractivity (Wildman–Crippen MR) is 63.7 cm³/mol. The fourth-order valence-corrected chi connectivity index (χ4v) is 2.81. The van der Waals surface area contributed by atoms with Gasteiger partial charge in [-0.2, -0.15) is 0 Å². The summed E-state index contributed by atoms with van der Waals surface area (Å²) in [5, 5.41) is 10.0. The average Bonchev–Trinajstić information content (AvgIpc) is 2.14. The first kappa shape index (κ1) is 9.76. The third-order valence-electron chi connectivity index (χ3n) is 3.49. The highest BCUT2D eigenvalue weighted by molar-refractivity contribution is 5.78. The zero-order valence-electron chi connectivity index (χ0n) is 9.71. The van der Waals surface area contributed by atoms with Gasteiger partial charge in [-0.1, -0.05) is 0 Å². The van der Waals surface area contributed by atoms with Gasteiger partial charge in [0, 0.05) is 0 Å². The maximum absolute atomic E-state index is 10.0. The Bertz CT molecular complexity index is 488. The van der Waals surface area contributed by atoms with Crippen LogP contribution < -0.4 is 4.74 Å². The first-order valence-electron chi connectivity index (χ1n) is 5.82. The lowest BCUT2D eigenvalue weighted by Crippen LogP contribution is -2.35. The van der Waals surface area contributed by atoms with Crippen molar-refractivity contribution in [2.45, 2.75) is 38.7 Å². The normalized spacial score (nSPS) is 26.8. The maximum Gasteiger partial charge on any atom is 0.132 e. The number of benzene rings is 1. The van der Waals surface area contributed by atoms with Crippen LogP contribution in [-0.4, -0.2) is 10.7 Å². The Morgan fingerprint density at radius 2 is 2.19 bits per heavy atom. The van der Waals surface area contributed by atoms with Gasteiger partial charge < -0.3 is 9.84 Å². The smallest absolute Gasteiger partial charge is 0.132 e. The number of phenols is 1. The molecule has 2 aliphatic rings. The predicted octanol–water partition coefficient (Wildman–Crippen LogP) is 3.42. The molecule has 0 saturated carbocycles. The average molecular weight is 216 g/mol. The molecule has 1 aliphatic carbocycles. The van der Waals surface area contributed by atoms with E-state index in [-0.39, 0.29) is 5.60 Å². The Hall–Kier alpha value is -1.44. The summed E-state index contributed by atoms with van der Waals surface area (Å²) >= 11 is 0. The van der Waals surface area contributed by atoms with Crippen molar-refractivity contribution in [2.75, 3.05) is 0 Å². The highest BCUT2D eigenvalue weighted by Crippen LogP contribution is 2.47. The molecule has 1 aliphatic heterocycles. The largest absolute Gasteiger partial charge is 0.507 e. The number of allylic oxidation sites excluding steroid dienone is 1. The summed E-state index contributed by atoms with van der Waals surface area (Å²) in [5.41, 5.74) is 3.02. The molecule has 0 saturated heterocycles. The van der Waals surface area contributed by atoms with Crippen LogP contribution in [0.1, 0.15) is 37.3 Å². The Labute approximate surface area is 95.6 Å². The minimum Gasteiger partial charge on any atom is -0.507 e. The van der Waals surface area contributed by atoms with Crippen LogP contribution in [-0.2, 0) is 0 Å². The molecule has 2 heteroatoms. The number of aryl methyl sites for hydroxylation is 1. The third-order valence-corrected chi connectivity index (χ3v) is 3.49. The lowest BCUT2D eigenvalue weighted by atomic mass is 9.82. The van der Waals surface area contributed by atoms with Gasteiger partial charge in [-0.25, -0.2) is 0 Å². The second-order valence-electron chi connectivity index (χ2n) is 5.10. The monoisotopic (exact) mass is 216 g/mol. The lowest BCUT2D eigenvalue weighted by Gasteiger charge is -2.38. The van der Waals surface area contributed by atoms with Crippen LogP contribution in [0.15, 0.2) is 18.2 Å². The molecule has 0 radical (unpaired) electrons. The molecular weight excluding hydrogens is 200 g/mol. The van der Waals surface area contributed by atoms with Gasteiger partial charge in [0.2, 0.25) is 0 Å². The van der Waals surface area contributed by atoms with E-state index in [0.717, 1.165) is 36.1 Å². The van der Waals surface area contributed by atoms with Crippen LogP contribution in [0.25, 0.3) is 5.57 Å². The minimum atomic E-state index is -0.166. The first-order chi connectivity index (χ1) is 7.57. The van der Waals surface area contributed by atoms with Gasteiger partial charge in [-0.3, -0.25) is 0 Å². The van der Waals surface area contributed by atoms with E-state index in [4.69, 9.17) is 4.74 Å². The number of hydrogen-bond acceptors (Lipinski definition) is 2. The van der Waals surface area contributed by atoms with Crippen LogP contribution >= 0.6 is 0 Å².